The smallest absolute Gasteiger partial charge is 0.103 e. The van der Waals surface area contributed by atoms with Crippen molar-refractivity contribution in [3.05, 3.63) is 53.1 Å². The minimum absolute atomic E-state index is 0.485. The lowest BCUT2D eigenvalue weighted by Crippen LogP contribution is -2.20. The fourth-order valence-electron chi connectivity index (χ4n) is 3.03. The summed E-state index contributed by atoms with van der Waals surface area (Å²) in [4.78, 5) is 10.8. The van der Waals surface area contributed by atoms with E-state index < -0.39 is 0 Å². The van der Waals surface area contributed by atoms with Crippen molar-refractivity contribution >= 4 is 5.69 Å². The molecule has 0 N–H and O–H groups in total. The molecule has 1 atom stereocenters. The number of pyridine rings is 2. The standard InChI is InChI=1S/C17H18N4/c1-12-3-5-19-10-16(12)14-4-6-21(11-14)17-7-13(2)20-9-15(17)8-18/h3,5,7,9-10,14H,4,6,11H2,1-2H3/t14-/m1/s1. The van der Waals surface area contributed by atoms with Crippen LogP contribution >= 0.6 is 0 Å². The Bertz CT molecular complexity index is 702. The third kappa shape index (κ3) is 2.59. The van der Waals surface area contributed by atoms with Crippen LogP contribution < -0.4 is 4.90 Å². The molecule has 2 aromatic rings. The predicted molar refractivity (Wildman–Crippen MR) is 82.2 cm³/mol. The maximum atomic E-state index is 9.27. The molecule has 0 radical (unpaired) electrons. The highest BCUT2D eigenvalue weighted by Gasteiger charge is 2.26. The molecular formula is C17H18N4. The number of aryl methyl sites for hydroxylation is 2. The van der Waals surface area contributed by atoms with E-state index in [1.165, 1.54) is 11.1 Å². The molecular weight excluding hydrogens is 260 g/mol. The average molecular weight is 278 g/mol. The number of rotatable bonds is 2. The van der Waals surface area contributed by atoms with E-state index in [2.05, 4.69) is 33.9 Å². The molecule has 1 aliphatic rings. The van der Waals surface area contributed by atoms with Crippen LogP contribution in [0.15, 0.2) is 30.7 Å². The molecule has 4 heteroatoms. The zero-order valence-electron chi connectivity index (χ0n) is 12.4. The van der Waals surface area contributed by atoms with Gasteiger partial charge in [0.15, 0.2) is 0 Å². The monoisotopic (exact) mass is 278 g/mol. The number of nitriles is 1. The summed E-state index contributed by atoms with van der Waals surface area (Å²) in [5, 5.41) is 9.27. The van der Waals surface area contributed by atoms with Gasteiger partial charge >= 0.3 is 0 Å². The second-order valence-electron chi connectivity index (χ2n) is 5.62. The van der Waals surface area contributed by atoms with Crippen molar-refractivity contribution in [2.75, 3.05) is 18.0 Å². The minimum atomic E-state index is 0.485. The fourth-order valence-corrected chi connectivity index (χ4v) is 3.03. The van der Waals surface area contributed by atoms with E-state index in [0.717, 1.165) is 30.9 Å². The lowest BCUT2D eigenvalue weighted by atomic mass is 9.96. The van der Waals surface area contributed by atoms with Crippen molar-refractivity contribution < 1.29 is 0 Å². The lowest BCUT2D eigenvalue weighted by molar-refractivity contribution is 0.763. The van der Waals surface area contributed by atoms with E-state index in [1.54, 1.807) is 6.20 Å². The number of hydrogen-bond donors (Lipinski definition) is 0. The van der Waals surface area contributed by atoms with Gasteiger partial charge in [0.2, 0.25) is 0 Å². The summed E-state index contributed by atoms with van der Waals surface area (Å²) in [5.41, 5.74) is 5.23. The fraction of sp³-hybridized carbons (Fsp3) is 0.353. The summed E-state index contributed by atoms with van der Waals surface area (Å²) in [6.07, 6.45) is 6.59. The van der Waals surface area contributed by atoms with Crippen LogP contribution in [0.2, 0.25) is 0 Å². The molecule has 3 rings (SSSR count). The van der Waals surface area contributed by atoms with Crippen LogP contribution in [-0.4, -0.2) is 23.1 Å². The molecule has 106 valence electrons. The Kier molecular flexibility index (Phi) is 3.57. The van der Waals surface area contributed by atoms with Crippen LogP contribution in [0.3, 0.4) is 0 Å². The van der Waals surface area contributed by atoms with Gasteiger partial charge in [0.1, 0.15) is 6.07 Å². The molecule has 0 unspecified atom stereocenters. The Morgan fingerprint density at radius 1 is 1.33 bits per heavy atom. The summed E-state index contributed by atoms with van der Waals surface area (Å²) >= 11 is 0. The van der Waals surface area contributed by atoms with Gasteiger partial charge < -0.3 is 4.90 Å². The van der Waals surface area contributed by atoms with E-state index in [-0.39, 0.29) is 0 Å². The summed E-state index contributed by atoms with van der Waals surface area (Å²) in [5.74, 6) is 0.485. The molecule has 1 saturated heterocycles. The molecule has 3 heterocycles. The van der Waals surface area contributed by atoms with Crippen molar-refractivity contribution in [1.82, 2.24) is 9.97 Å². The van der Waals surface area contributed by atoms with Crippen LogP contribution in [0, 0.1) is 25.2 Å². The first kappa shape index (κ1) is 13.6. The summed E-state index contributed by atoms with van der Waals surface area (Å²) in [7, 11) is 0. The van der Waals surface area contributed by atoms with Crippen molar-refractivity contribution in [2.24, 2.45) is 0 Å². The molecule has 21 heavy (non-hydrogen) atoms. The first-order chi connectivity index (χ1) is 10.2. The molecule has 2 aromatic heterocycles. The first-order valence-corrected chi connectivity index (χ1v) is 7.21. The van der Waals surface area contributed by atoms with E-state index in [1.807, 2.05) is 25.4 Å². The molecule has 4 nitrogen and oxygen atoms in total. The largest absolute Gasteiger partial charge is 0.370 e. The summed E-state index contributed by atoms with van der Waals surface area (Å²) in [6, 6.07) is 6.32. The van der Waals surface area contributed by atoms with Crippen molar-refractivity contribution in [3.63, 3.8) is 0 Å². The number of aromatic nitrogens is 2. The topological polar surface area (TPSA) is 52.8 Å². The van der Waals surface area contributed by atoms with Gasteiger partial charge in [-0.1, -0.05) is 0 Å². The Morgan fingerprint density at radius 2 is 2.19 bits per heavy atom. The van der Waals surface area contributed by atoms with Crippen LogP contribution in [0.25, 0.3) is 0 Å². The Labute approximate surface area is 125 Å². The highest BCUT2D eigenvalue weighted by atomic mass is 15.2. The molecule has 0 aromatic carbocycles. The third-order valence-electron chi connectivity index (χ3n) is 4.19. The summed E-state index contributed by atoms with van der Waals surface area (Å²) in [6.45, 7) is 6.00. The highest BCUT2D eigenvalue weighted by molar-refractivity contribution is 5.60. The second kappa shape index (κ2) is 5.53. The van der Waals surface area contributed by atoms with Gasteiger partial charge in [0.25, 0.3) is 0 Å². The van der Waals surface area contributed by atoms with Gasteiger partial charge in [-0.25, -0.2) is 0 Å². The normalized spacial score (nSPS) is 17.8. The van der Waals surface area contributed by atoms with Gasteiger partial charge in [-0.3, -0.25) is 9.97 Å². The zero-order chi connectivity index (χ0) is 14.8. The highest BCUT2D eigenvalue weighted by Crippen LogP contribution is 2.33. The van der Waals surface area contributed by atoms with Crippen LogP contribution in [0.5, 0.6) is 0 Å². The molecule has 0 bridgehead atoms. The SMILES string of the molecule is Cc1cc(N2CC[C@@H](c3cnccc3C)C2)c(C#N)cn1. The second-order valence-corrected chi connectivity index (χ2v) is 5.62. The molecule has 0 aliphatic carbocycles. The average Bonchev–Trinajstić information content (AvgIpc) is 2.97. The number of anilines is 1. The molecule has 1 aliphatic heterocycles. The maximum absolute atomic E-state index is 9.27. The lowest BCUT2D eigenvalue weighted by Gasteiger charge is -2.20. The Morgan fingerprint density at radius 3 is 2.95 bits per heavy atom. The van der Waals surface area contributed by atoms with Crippen molar-refractivity contribution in [2.45, 2.75) is 26.2 Å². The Balaban J connectivity index is 1.87. The van der Waals surface area contributed by atoms with E-state index >= 15 is 0 Å². The minimum Gasteiger partial charge on any atom is -0.370 e. The number of nitrogens with zero attached hydrogens (tertiary/aromatic N) is 4. The van der Waals surface area contributed by atoms with E-state index in [0.29, 0.717) is 11.5 Å². The van der Waals surface area contributed by atoms with Gasteiger partial charge in [-0.05, 0) is 43.5 Å². The van der Waals surface area contributed by atoms with Gasteiger partial charge in [0.05, 0.1) is 11.3 Å². The summed E-state index contributed by atoms with van der Waals surface area (Å²) < 4.78 is 0. The molecule has 1 fully saturated rings. The zero-order valence-corrected chi connectivity index (χ0v) is 12.4. The van der Waals surface area contributed by atoms with E-state index in [9.17, 15) is 5.26 Å². The van der Waals surface area contributed by atoms with Crippen LogP contribution in [0.4, 0.5) is 5.69 Å². The Hall–Kier alpha value is -2.41. The maximum Gasteiger partial charge on any atom is 0.103 e. The predicted octanol–water partition coefficient (Wildman–Crippen LogP) is 2.96. The van der Waals surface area contributed by atoms with Gasteiger partial charge in [0, 0.05) is 43.3 Å². The van der Waals surface area contributed by atoms with Crippen LogP contribution in [0.1, 0.15) is 34.7 Å². The van der Waals surface area contributed by atoms with Gasteiger partial charge in [-0.2, -0.15) is 5.26 Å². The van der Waals surface area contributed by atoms with Crippen molar-refractivity contribution in [3.8, 4) is 6.07 Å². The number of hydrogen-bond acceptors (Lipinski definition) is 4. The third-order valence-corrected chi connectivity index (χ3v) is 4.19. The van der Waals surface area contributed by atoms with Crippen LogP contribution in [-0.2, 0) is 0 Å². The van der Waals surface area contributed by atoms with Gasteiger partial charge in [-0.15, -0.1) is 0 Å². The first-order valence-electron chi connectivity index (χ1n) is 7.21. The van der Waals surface area contributed by atoms with Crippen molar-refractivity contribution in [1.29, 1.82) is 5.26 Å². The molecule has 0 amide bonds. The molecule has 0 saturated carbocycles. The molecule has 0 spiro atoms. The van der Waals surface area contributed by atoms with E-state index in [4.69, 9.17) is 0 Å². The quantitative estimate of drug-likeness (QED) is 0.847.